The van der Waals surface area contributed by atoms with E-state index in [1.165, 1.54) is 34.9 Å². The van der Waals surface area contributed by atoms with Crippen molar-refractivity contribution in [3.05, 3.63) is 33.8 Å². The molecule has 1 unspecified atom stereocenters. The van der Waals surface area contributed by atoms with Gasteiger partial charge in [0.25, 0.3) is 0 Å². The Kier molecular flexibility index (Phi) is 4.04. The van der Waals surface area contributed by atoms with Crippen molar-refractivity contribution in [1.82, 2.24) is 5.32 Å². The maximum Gasteiger partial charge on any atom is 0.0359 e. The number of hydrogen-bond acceptors (Lipinski definition) is 1. The summed E-state index contributed by atoms with van der Waals surface area (Å²) in [6.45, 7) is 5.50. The number of hydrogen-bond donors (Lipinski definition) is 1. The minimum atomic E-state index is 0.550. The van der Waals surface area contributed by atoms with Gasteiger partial charge < -0.3 is 5.32 Å². The van der Waals surface area contributed by atoms with E-state index in [-0.39, 0.29) is 0 Å². The average Bonchev–Trinajstić information content (AvgIpc) is 3.08. The summed E-state index contributed by atoms with van der Waals surface area (Å²) in [5.41, 5.74) is 2.78. The van der Waals surface area contributed by atoms with Crippen LogP contribution < -0.4 is 5.32 Å². The van der Waals surface area contributed by atoms with Crippen LogP contribution in [0.2, 0.25) is 0 Å². The van der Waals surface area contributed by atoms with Crippen LogP contribution in [-0.2, 0) is 0 Å². The summed E-state index contributed by atoms with van der Waals surface area (Å²) in [6, 6.07) is 7.13. The van der Waals surface area contributed by atoms with E-state index in [2.05, 4.69) is 53.3 Å². The second kappa shape index (κ2) is 5.33. The topological polar surface area (TPSA) is 12.0 Å². The van der Waals surface area contributed by atoms with Crippen molar-refractivity contribution in [2.24, 2.45) is 5.92 Å². The van der Waals surface area contributed by atoms with Crippen LogP contribution in [0.5, 0.6) is 0 Å². The van der Waals surface area contributed by atoms with Gasteiger partial charge in [-0.05, 0) is 49.8 Å². The Hall–Kier alpha value is -0.340. The summed E-state index contributed by atoms with van der Waals surface area (Å²) in [5.74, 6) is 0.852. The maximum atomic E-state index is 3.73. The van der Waals surface area contributed by atoms with Crippen LogP contribution in [0.3, 0.4) is 0 Å². The minimum Gasteiger partial charge on any atom is -0.310 e. The molecule has 1 aromatic carbocycles. The molecule has 16 heavy (non-hydrogen) atoms. The van der Waals surface area contributed by atoms with Crippen LogP contribution in [0, 0.1) is 12.8 Å². The van der Waals surface area contributed by atoms with Crippen LogP contribution >= 0.6 is 15.9 Å². The van der Waals surface area contributed by atoms with Gasteiger partial charge in [-0.15, -0.1) is 0 Å². The van der Waals surface area contributed by atoms with Gasteiger partial charge in [-0.3, -0.25) is 0 Å². The fourth-order valence-corrected chi connectivity index (χ4v) is 2.68. The number of benzene rings is 1. The van der Waals surface area contributed by atoms with Gasteiger partial charge >= 0.3 is 0 Å². The van der Waals surface area contributed by atoms with Crippen molar-refractivity contribution in [3.63, 3.8) is 0 Å². The maximum absolute atomic E-state index is 3.73. The molecule has 0 heterocycles. The van der Waals surface area contributed by atoms with E-state index in [1.807, 2.05) is 0 Å². The Labute approximate surface area is 107 Å². The lowest BCUT2D eigenvalue weighted by Crippen LogP contribution is -2.24. The third-order valence-corrected chi connectivity index (χ3v) is 4.35. The molecule has 0 spiro atoms. The molecule has 1 nitrogen and oxygen atoms in total. The number of aryl methyl sites for hydroxylation is 1. The Morgan fingerprint density at radius 2 is 2.19 bits per heavy atom. The van der Waals surface area contributed by atoms with E-state index in [1.54, 1.807) is 0 Å². The first-order valence-corrected chi connectivity index (χ1v) is 7.01. The highest BCUT2D eigenvalue weighted by Gasteiger charge is 2.32. The molecule has 0 bridgehead atoms. The molecule has 0 aromatic heterocycles. The minimum absolute atomic E-state index is 0.550. The summed E-state index contributed by atoms with van der Waals surface area (Å²) < 4.78 is 1.29. The number of halogens is 1. The molecule has 2 rings (SSSR count). The highest BCUT2D eigenvalue weighted by atomic mass is 79.9. The van der Waals surface area contributed by atoms with Crippen LogP contribution in [0.1, 0.15) is 43.4 Å². The molecule has 88 valence electrons. The largest absolute Gasteiger partial charge is 0.310 e. The molecule has 0 amide bonds. The molecule has 1 aliphatic carbocycles. The predicted octanol–water partition coefficient (Wildman–Crippen LogP) is 4.21. The molecule has 1 aromatic rings. The van der Waals surface area contributed by atoms with Crippen LogP contribution in [0.25, 0.3) is 0 Å². The summed E-state index contributed by atoms with van der Waals surface area (Å²) >= 11 is 3.73. The molecule has 1 fully saturated rings. The molecular formula is C14H20BrN. The van der Waals surface area contributed by atoms with E-state index in [0.29, 0.717) is 6.04 Å². The van der Waals surface area contributed by atoms with E-state index in [0.717, 1.165) is 12.5 Å². The summed E-state index contributed by atoms with van der Waals surface area (Å²) in [6.07, 6.45) is 3.95. The third-order valence-electron chi connectivity index (χ3n) is 3.26. The van der Waals surface area contributed by atoms with Gasteiger partial charge in [-0.1, -0.05) is 41.1 Å². The van der Waals surface area contributed by atoms with Crippen molar-refractivity contribution in [1.29, 1.82) is 0 Å². The van der Waals surface area contributed by atoms with Gasteiger partial charge in [-0.2, -0.15) is 0 Å². The molecule has 1 N–H and O–H groups in total. The lowest BCUT2D eigenvalue weighted by atomic mass is 10.0. The van der Waals surface area contributed by atoms with Crippen LogP contribution in [0.4, 0.5) is 0 Å². The lowest BCUT2D eigenvalue weighted by Gasteiger charge is -2.20. The van der Waals surface area contributed by atoms with E-state index in [9.17, 15) is 0 Å². The Morgan fingerprint density at radius 3 is 2.81 bits per heavy atom. The van der Waals surface area contributed by atoms with Gasteiger partial charge in [0.05, 0.1) is 0 Å². The first-order valence-electron chi connectivity index (χ1n) is 6.22. The summed E-state index contributed by atoms with van der Waals surface area (Å²) in [7, 11) is 0. The molecule has 1 aliphatic rings. The van der Waals surface area contributed by atoms with Crippen molar-refractivity contribution in [3.8, 4) is 0 Å². The quantitative estimate of drug-likeness (QED) is 0.853. The van der Waals surface area contributed by atoms with Gasteiger partial charge in [0.1, 0.15) is 0 Å². The normalized spacial score (nSPS) is 17.4. The molecular weight excluding hydrogens is 262 g/mol. The highest BCUT2D eigenvalue weighted by molar-refractivity contribution is 9.10. The number of rotatable bonds is 5. The third kappa shape index (κ3) is 2.67. The van der Waals surface area contributed by atoms with E-state index < -0.39 is 0 Å². The van der Waals surface area contributed by atoms with Crippen LogP contribution in [-0.4, -0.2) is 6.54 Å². The first-order chi connectivity index (χ1) is 7.74. The molecule has 2 heteroatoms. The van der Waals surface area contributed by atoms with Gasteiger partial charge in [0.2, 0.25) is 0 Å². The monoisotopic (exact) mass is 281 g/mol. The van der Waals surface area contributed by atoms with Gasteiger partial charge in [0, 0.05) is 10.5 Å². The number of nitrogens with one attached hydrogen (secondary N) is 1. The molecule has 0 radical (unpaired) electrons. The zero-order valence-corrected chi connectivity index (χ0v) is 11.7. The van der Waals surface area contributed by atoms with Gasteiger partial charge in [-0.25, -0.2) is 0 Å². The van der Waals surface area contributed by atoms with Gasteiger partial charge in [0.15, 0.2) is 0 Å². The first kappa shape index (κ1) is 12.1. The van der Waals surface area contributed by atoms with E-state index in [4.69, 9.17) is 0 Å². The Bertz CT molecular complexity index is 358. The SMILES string of the molecule is CCCNC(c1cccc(C)c1Br)C1CC1. The highest BCUT2D eigenvalue weighted by Crippen LogP contribution is 2.43. The lowest BCUT2D eigenvalue weighted by molar-refractivity contribution is 0.479. The predicted molar refractivity (Wildman–Crippen MR) is 72.6 cm³/mol. The average molecular weight is 282 g/mol. The van der Waals surface area contributed by atoms with Crippen molar-refractivity contribution in [2.45, 2.75) is 39.2 Å². The summed E-state index contributed by atoms with van der Waals surface area (Å²) in [5, 5.41) is 3.69. The van der Waals surface area contributed by atoms with Crippen molar-refractivity contribution >= 4 is 15.9 Å². The van der Waals surface area contributed by atoms with Crippen molar-refractivity contribution in [2.75, 3.05) is 6.54 Å². The Morgan fingerprint density at radius 1 is 1.44 bits per heavy atom. The zero-order valence-electron chi connectivity index (χ0n) is 10.1. The standard InChI is InChI=1S/C14H20BrN/c1-3-9-16-14(11-7-8-11)12-6-4-5-10(2)13(12)15/h4-6,11,14,16H,3,7-9H2,1-2H3. The Balaban J connectivity index is 2.20. The van der Waals surface area contributed by atoms with E-state index >= 15 is 0 Å². The fourth-order valence-electron chi connectivity index (χ4n) is 2.17. The summed E-state index contributed by atoms with van der Waals surface area (Å²) in [4.78, 5) is 0. The zero-order chi connectivity index (χ0) is 11.5. The molecule has 0 saturated heterocycles. The molecule has 1 atom stereocenters. The second-order valence-corrected chi connectivity index (χ2v) is 5.54. The smallest absolute Gasteiger partial charge is 0.0359 e. The van der Waals surface area contributed by atoms with Crippen molar-refractivity contribution < 1.29 is 0 Å². The molecule has 1 saturated carbocycles. The van der Waals surface area contributed by atoms with Crippen LogP contribution in [0.15, 0.2) is 22.7 Å². The second-order valence-electron chi connectivity index (χ2n) is 4.75. The fraction of sp³-hybridized carbons (Fsp3) is 0.571. The molecule has 0 aliphatic heterocycles.